The minimum Gasteiger partial charge on any atom is -0.484 e. The first-order valence-corrected chi connectivity index (χ1v) is 10.3. The molecule has 2 heterocycles. The second-order valence-electron chi connectivity index (χ2n) is 8.39. The highest BCUT2D eigenvalue weighted by molar-refractivity contribution is 5.73. The fraction of sp³-hybridized carbons (Fsp3) is 0.458. The molecular formula is C24H30N2O2. The highest BCUT2D eigenvalue weighted by Gasteiger charge is 2.42. The number of likely N-dealkylation sites (tertiary alicyclic amines) is 1. The van der Waals surface area contributed by atoms with Gasteiger partial charge in [-0.2, -0.15) is 0 Å². The molecule has 0 radical (unpaired) electrons. The average molecular weight is 379 g/mol. The van der Waals surface area contributed by atoms with Crippen molar-refractivity contribution in [2.24, 2.45) is 0 Å². The molecule has 1 atom stereocenters. The predicted molar refractivity (Wildman–Crippen MR) is 111 cm³/mol. The highest BCUT2D eigenvalue weighted by atomic mass is 16.5. The van der Waals surface area contributed by atoms with E-state index in [9.17, 15) is 4.79 Å². The Balaban J connectivity index is 1.54. The fourth-order valence-electron chi connectivity index (χ4n) is 4.55. The molecule has 0 aromatic heterocycles. The van der Waals surface area contributed by atoms with E-state index < -0.39 is 0 Å². The molecule has 2 aliphatic heterocycles. The lowest BCUT2D eigenvalue weighted by Gasteiger charge is -2.43. The van der Waals surface area contributed by atoms with Gasteiger partial charge >= 0.3 is 0 Å². The van der Waals surface area contributed by atoms with Crippen molar-refractivity contribution in [3.63, 3.8) is 0 Å². The van der Waals surface area contributed by atoms with Crippen LogP contribution in [0.4, 0.5) is 0 Å². The van der Waals surface area contributed by atoms with E-state index in [0.717, 1.165) is 50.2 Å². The van der Waals surface area contributed by atoms with E-state index in [4.69, 9.17) is 4.74 Å². The van der Waals surface area contributed by atoms with Crippen molar-refractivity contribution in [1.82, 2.24) is 9.80 Å². The lowest BCUT2D eigenvalue weighted by molar-refractivity contribution is -0.133. The summed E-state index contributed by atoms with van der Waals surface area (Å²) < 4.78 is 6.67. The number of ether oxygens (including phenoxy) is 1. The van der Waals surface area contributed by atoms with Crippen LogP contribution in [-0.2, 0) is 17.8 Å². The molecule has 4 rings (SSSR count). The SMILES string of the molecule is CC(=O)N1Cc2cc(C)ccc2OC2(CCCN(CCc3ccccc3)C2)C1. The van der Waals surface area contributed by atoms with Crippen molar-refractivity contribution in [2.45, 2.75) is 45.3 Å². The van der Waals surface area contributed by atoms with E-state index >= 15 is 0 Å². The van der Waals surface area contributed by atoms with Gasteiger partial charge in [-0.1, -0.05) is 48.0 Å². The summed E-state index contributed by atoms with van der Waals surface area (Å²) in [4.78, 5) is 16.8. The van der Waals surface area contributed by atoms with Gasteiger partial charge in [-0.25, -0.2) is 0 Å². The highest BCUT2D eigenvalue weighted by Crippen LogP contribution is 2.35. The van der Waals surface area contributed by atoms with Crippen molar-refractivity contribution >= 4 is 5.91 Å². The van der Waals surface area contributed by atoms with E-state index in [1.54, 1.807) is 6.92 Å². The molecule has 2 aromatic carbocycles. The van der Waals surface area contributed by atoms with Gasteiger partial charge in [0.15, 0.2) is 0 Å². The molecule has 2 aromatic rings. The number of hydrogen-bond acceptors (Lipinski definition) is 3. The third-order valence-corrected chi connectivity index (χ3v) is 6.01. The minimum atomic E-state index is -0.318. The topological polar surface area (TPSA) is 32.8 Å². The molecule has 4 heteroatoms. The normalized spacial score (nSPS) is 22.4. The zero-order chi connectivity index (χ0) is 19.6. The molecule has 1 spiro atoms. The van der Waals surface area contributed by atoms with Crippen LogP contribution in [0.1, 0.15) is 36.5 Å². The standard InChI is InChI=1S/C24H30N2O2/c1-19-9-10-23-22(15-19)16-26(20(2)27)18-24(28-23)12-6-13-25(17-24)14-11-21-7-4-3-5-8-21/h3-5,7-10,15H,6,11-14,16-18H2,1-2H3. The van der Waals surface area contributed by atoms with Crippen molar-refractivity contribution in [3.05, 3.63) is 65.2 Å². The lowest BCUT2D eigenvalue weighted by atomic mass is 9.91. The van der Waals surface area contributed by atoms with Crippen molar-refractivity contribution in [2.75, 3.05) is 26.2 Å². The smallest absolute Gasteiger partial charge is 0.219 e. The molecule has 0 saturated carbocycles. The molecule has 148 valence electrons. The fourth-order valence-corrected chi connectivity index (χ4v) is 4.55. The van der Waals surface area contributed by atoms with E-state index in [1.807, 2.05) is 4.90 Å². The van der Waals surface area contributed by atoms with Crippen LogP contribution in [0.5, 0.6) is 5.75 Å². The summed E-state index contributed by atoms with van der Waals surface area (Å²) in [7, 11) is 0. The molecule has 28 heavy (non-hydrogen) atoms. The largest absolute Gasteiger partial charge is 0.484 e. The molecular weight excluding hydrogens is 348 g/mol. The van der Waals surface area contributed by atoms with E-state index in [0.29, 0.717) is 13.1 Å². The van der Waals surface area contributed by atoms with Crippen molar-refractivity contribution in [1.29, 1.82) is 0 Å². The maximum Gasteiger partial charge on any atom is 0.219 e. The molecule has 0 bridgehead atoms. The Bertz CT molecular complexity index is 836. The zero-order valence-electron chi connectivity index (χ0n) is 17.0. The Morgan fingerprint density at radius 2 is 1.96 bits per heavy atom. The summed E-state index contributed by atoms with van der Waals surface area (Å²) in [6.45, 7) is 8.05. The molecule has 4 nitrogen and oxygen atoms in total. The predicted octanol–water partition coefficient (Wildman–Crippen LogP) is 3.81. The van der Waals surface area contributed by atoms with Gasteiger partial charge in [0.1, 0.15) is 11.4 Å². The Hall–Kier alpha value is -2.33. The minimum absolute atomic E-state index is 0.124. The van der Waals surface area contributed by atoms with E-state index in [2.05, 4.69) is 60.4 Å². The van der Waals surface area contributed by atoms with E-state index in [1.165, 1.54) is 11.1 Å². The zero-order valence-corrected chi connectivity index (χ0v) is 17.0. The van der Waals surface area contributed by atoms with Crippen LogP contribution in [0, 0.1) is 6.92 Å². The Morgan fingerprint density at radius 3 is 2.75 bits per heavy atom. The maximum atomic E-state index is 12.3. The molecule has 1 unspecified atom stereocenters. The summed E-state index contributed by atoms with van der Waals surface area (Å²) in [5.74, 6) is 1.07. The number of carbonyl (C=O) groups is 1. The Kier molecular flexibility index (Phi) is 5.40. The molecule has 0 aliphatic carbocycles. The van der Waals surface area contributed by atoms with Crippen LogP contribution in [-0.4, -0.2) is 47.5 Å². The van der Waals surface area contributed by atoms with Crippen molar-refractivity contribution < 1.29 is 9.53 Å². The lowest BCUT2D eigenvalue weighted by Crippen LogP contribution is -2.57. The second kappa shape index (κ2) is 7.96. The molecule has 2 aliphatic rings. The Morgan fingerprint density at radius 1 is 1.14 bits per heavy atom. The maximum absolute atomic E-state index is 12.3. The van der Waals surface area contributed by atoms with Gasteiger partial charge in [0.2, 0.25) is 5.91 Å². The summed E-state index contributed by atoms with van der Waals surface area (Å²) in [6, 6.07) is 17.0. The van der Waals surface area contributed by atoms with Gasteiger partial charge in [-0.15, -0.1) is 0 Å². The molecule has 1 saturated heterocycles. The Labute approximate surface area is 168 Å². The third kappa shape index (κ3) is 4.22. The number of carbonyl (C=O) groups excluding carboxylic acids is 1. The molecule has 0 N–H and O–H groups in total. The first-order chi connectivity index (χ1) is 13.5. The number of nitrogens with zero attached hydrogens (tertiary/aromatic N) is 2. The van der Waals surface area contributed by atoms with Crippen LogP contribution in [0.2, 0.25) is 0 Å². The number of hydrogen-bond donors (Lipinski definition) is 0. The van der Waals surface area contributed by atoms with Gasteiger partial charge in [0, 0.05) is 32.1 Å². The number of piperidine rings is 1. The van der Waals surface area contributed by atoms with Crippen LogP contribution >= 0.6 is 0 Å². The van der Waals surface area contributed by atoms with E-state index in [-0.39, 0.29) is 11.5 Å². The van der Waals surface area contributed by atoms with Gasteiger partial charge in [0.25, 0.3) is 0 Å². The summed E-state index contributed by atoms with van der Waals surface area (Å²) >= 11 is 0. The van der Waals surface area contributed by atoms with Crippen molar-refractivity contribution in [3.8, 4) is 5.75 Å². The van der Waals surface area contributed by atoms with Gasteiger partial charge in [-0.05, 0) is 44.4 Å². The number of benzene rings is 2. The molecule has 1 fully saturated rings. The quantitative estimate of drug-likeness (QED) is 0.814. The summed E-state index contributed by atoms with van der Waals surface area (Å²) in [6.07, 6.45) is 3.14. The summed E-state index contributed by atoms with van der Waals surface area (Å²) in [5.41, 5.74) is 3.37. The van der Waals surface area contributed by atoms with Crippen LogP contribution < -0.4 is 4.74 Å². The van der Waals surface area contributed by atoms with Gasteiger partial charge in [-0.3, -0.25) is 9.69 Å². The first-order valence-electron chi connectivity index (χ1n) is 10.3. The van der Waals surface area contributed by atoms with Crippen LogP contribution in [0.15, 0.2) is 48.5 Å². The number of rotatable bonds is 3. The number of amides is 1. The first kappa shape index (κ1) is 19.0. The van der Waals surface area contributed by atoms with Gasteiger partial charge in [0.05, 0.1) is 6.54 Å². The van der Waals surface area contributed by atoms with Crippen LogP contribution in [0.3, 0.4) is 0 Å². The number of fused-ring (bicyclic) bond motifs is 1. The number of aryl methyl sites for hydroxylation is 1. The van der Waals surface area contributed by atoms with Crippen LogP contribution in [0.25, 0.3) is 0 Å². The van der Waals surface area contributed by atoms with Gasteiger partial charge < -0.3 is 9.64 Å². The summed E-state index contributed by atoms with van der Waals surface area (Å²) in [5, 5.41) is 0. The monoisotopic (exact) mass is 378 g/mol. The average Bonchev–Trinajstić information content (AvgIpc) is 2.84. The molecule has 1 amide bonds. The second-order valence-corrected chi connectivity index (χ2v) is 8.39. The third-order valence-electron chi connectivity index (χ3n) is 6.01.